The highest BCUT2D eigenvalue weighted by atomic mass is 32.2. The zero-order valence-electron chi connectivity index (χ0n) is 14.0. The molecule has 0 radical (unpaired) electrons. The van der Waals surface area contributed by atoms with E-state index in [0.29, 0.717) is 5.75 Å². The molecule has 2 aromatic rings. The molecule has 0 saturated carbocycles. The first-order valence-electron chi connectivity index (χ1n) is 7.55. The first-order valence-corrected chi connectivity index (χ1v) is 9.10. The molecule has 1 amide bonds. The van der Waals surface area contributed by atoms with E-state index in [1.807, 2.05) is 24.3 Å². The van der Waals surface area contributed by atoms with Crippen molar-refractivity contribution in [3.05, 3.63) is 65.7 Å². The molecule has 0 heterocycles. The average Bonchev–Trinajstić information content (AvgIpc) is 2.59. The molecular formula is C18H20N2O4S. The summed E-state index contributed by atoms with van der Waals surface area (Å²) in [5, 5.41) is 7.88. The summed E-state index contributed by atoms with van der Waals surface area (Å²) in [6, 6.07) is 13.1. The number of nitrogens with two attached hydrogens (primary N) is 1. The molecule has 25 heavy (non-hydrogen) atoms. The number of amides is 1. The molecule has 3 N–H and O–H groups in total. The van der Waals surface area contributed by atoms with Crippen LogP contribution in [0.5, 0.6) is 5.75 Å². The Morgan fingerprint density at radius 2 is 1.80 bits per heavy atom. The Morgan fingerprint density at radius 3 is 2.40 bits per heavy atom. The van der Waals surface area contributed by atoms with Crippen LogP contribution in [0.15, 0.2) is 59.5 Å². The maximum absolute atomic E-state index is 12.1. The Kier molecular flexibility index (Phi) is 5.95. The van der Waals surface area contributed by atoms with E-state index in [1.165, 1.54) is 18.2 Å². The van der Waals surface area contributed by atoms with E-state index in [2.05, 4.69) is 5.32 Å². The fourth-order valence-corrected chi connectivity index (χ4v) is 2.78. The first kappa shape index (κ1) is 18.7. The Morgan fingerprint density at radius 1 is 1.16 bits per heavy atom. The number of carbonyl (C=O) groups excluding carboxylic acids is 1. The van der Waals surface area contributed by atoms with Gasteiger partial charge in [0.2, 0.25) is 15.9 Å². The zero-order valence-corrected chi connectivity index (χ0v) is 14.8. The van der Waals surface area contributed by atoms with E-state index in [4.69, 9.17) is 9.88 Å². The van der Waals surface area contributed by atoms with Crippen LogP contribution < -0.4 is 15.2 Å². The number of hydrogen-bond donors (Lipinski definition) is 2. The lowest BCUT2D eigenvalue weighted by molar-refractivity contribution is -0.117. The predicted octanol–water partition coefficient (Wildman–Crippen LogP) is 2.23. The number of rotatable bonds is 6. The van der Waals surface area contributed by atoms with Gasteiger partial charge in [0.1, 0.15) is 5.75 Å². The average molecular weight is 360 g/mol. The van der Waals surface area contributed by atoms with E-state index in [1.54, 1.807) is 32.2 Å². The SMILES string of the molecule is COc1ccccc1/C=C/C(=O)NC(C)c1ccc(S(N)(=O)=O)cc1. The Bertz CT molecular complexity index is 874. The summed E-state index contributed by atoms with van der Waals surface area (Å²) in [6.45, 7) is 1.81. The molecule has 0 saturated heterocycles. The summed E-state index contributed by atoms with van der Waals surface area (Å²) >= 11 is 0. The molecule has 0 aliphatic heterocycles. The molecule has 2 rings (SSSR count). The molecule has 1 atom stereocenters. The van der Waals surface area contributed by atoms with Gasteiger partial charge < -0.3 is 10.1 Å². The van der Waals surface area contributed by atoms with Crippen LogP contribution in [-0.2, 0) is 14.8 Å². The number of para-hydroxylation sites is 1. The molecule has 0 bridgehead atoms. The van der Waals surface area contributed by atoms with E-state index in [-0.39, 0.29) is 16.8 Å². The van der Waals surface area contributed by atoms with Crippen LogP contribution in [0.1, 0.15) is 24.1 Å². The lowest BCUT2D eigenvalue weighted by Gasteiger charge is -2.13. The monoisotopic (exact) mass is 360 g/mol. The first-order chi connectivity index (χ1) is 11.8. The number of methoxy groups -OCH3 is 1. The number of carbonyl (C=O) groups is 1. The molecule has 6 nitrogen and oxygen atoms in total. The van der Waals surface area contributed by atoms with E-state index < -0.39 is 10.0 Å². The summed E-state index contributed by atoms with van der Waals surface area (Å²) in [7, 11) is -2.16. The Labute approximate surface area is 147 Å². The molecular weight excluding hydrogens is 340 g/mol. The van der Waals surface area contributed by atoms with Gasteiger partial charge >= 0.3 is 0 Å². The third-order valence-corrected chi connectivity index (χ3v) is 4.55. The van der Waals surface area contributed by atoms with Gasteiger partial charge in [-0.05, 0) is 36.8 Å². The van der Waals surface area contributed by atoms with Crippen molar-refractivity contribution < 1.29 is 17.9 Å². The van der Waals surface area contributed by atoms with Crippen molar-refractivity contribution in [2.75, 3.05) is 7.11 Å². The second-order valence-corrected chi connectivity index (χ2v) is 6.98. The van der Waals surface area contributed by atoms with Crippen LogP contribution >= 0.6 is 0 Å². The quantitative estimate of drug-likeness (QED) is 0.772. The highest BCUT2D eigenvalue weighted by Gasteiger charge is 2.11. The highest BCUT2D eigenvalue weighted by Crippen LogP contribution is 2.19. The van der Waals surface area contributed by atoms with Gasteiger partial charge in [0, 0.05) is 11.6 Å². The van der Waals surface area contributed by atoms with Crippen molar-refractivity contribution in [2.24, 2.45) is 5.14 Å². The van der Waals surface area contributed by atoms with Gasteiger partial charge in [-0.1, -0.05) is 30.3 Å². The fraction of sp³-hybridized carbons (Fsp3) is 0.167. The number of primary sulfonamides is 1. The molecule has 132 valence electrons. The summed E-state index contributed by atoms with van der Waals surface area (Å²) in [5.41, 5.74) is 1.57. The maximum Gasteiger partial charge on any atom is 0.244 e. The van der Waals surface area contributed by atoms with Crippen LogP contribution in [0.4, 0.5) is 0 Å². The molecule has 0 aliphatic rings. The minimum atomic E-state index is -3.72. The molecule has 0 aromatic heterocycles. The number of sulfonamides is 1. The number of nitrogens with one attached hydrogen (secondary N) is 1. The van der Waals surface area contributed by atoms with Crippen molar-refractivity contribution in [1.82, 2.24) is 5.32 Å². The van der Waals surface area contributed by atoms with Gasteiger partial charge in [0.15, 0.2) is 0 Å². The van der Waals surface area contributed by atoms with Gasteiger partial charge in [-0.15, -0.1) is 0 Å². The van der Waals surface area contributed by atoms with Gasteiger partial charge in [-0.2, -0.15) is 0 Å². The molecule has 0 spiro atoms. The Balaban J connectivity index is 2.03. The fourth-order valence-electron chi connectivity index (χ4n) is 2.26. The largest absolute Gasteiger partial charge is 0.496 e. The van der Waals surface area contributed by atoms with E-state index in [0.717, 1.165) is 11.1 Å². The molecule has 0 fully saturated rings. The van der Waals surface area contributed by atoms with Crippen LogP contribution in [0.25, 0.3) is 6.08 Å². The standard InChI is InChI=1S/C18H20N2O4S/c1-13(14-7-10-16(11-8-14)25(19,22)23)20-18(21)12-9-15-5-3-4-6-17(15)24-2/h3-13H,1-2H3,(H,20,21)(H2,19,22,23)/b12-9+. The lowest BCUT2D eigenvalue weighted by Crippen LogP contribution is -2.24. The number of ether oxygens (including phenoxy) is 1. The third kappa shape index (κ3) is 5.17. The summed E-state index contributed by atoms with van der Waals surface area (Å²) in [5.74, 6) is 0.409. The zero-order chi connectivity index (χ0) is 18.4. The topological polar surface area (TPSA) is 98.5 Å². The van der Waals surface area contributed by atoms with Crippen LogP contribution in [0, 0.1) is 0 Å². The normalized spacial score (nSPS) is 12.8. The molecule has 7 heteroatoms. The molecule has 2 aromatic carbocycles. The van der Waals surface area contributed by atoms with Crippen molar-refractivity contribution >= 4 is 22.0 Å². The van der Waals surface area contributed by atoms with Crippen LogP contribution in [0.3, 0.4) is 0 Å². The van der Waals surface area contributed by atoms with Crippen molar-refractivity contribution in [3.63, 3.8) is 0 Å². The van der Waals surface area contributed by atoms with Crippen molar-refractivity contribution in [1.29, 1.82) is 0 Å². The number of benzene rings is 2. The summed E-state index contributed by atoms with van der Waals surface area (Å²) in [6.07, 6.45) is 3.10. The van der Waals surface area contributed by atoms with Gasteiger partial charge in [0.25, 0.3) is 0 Å². The van der Waals surface area contributed by atoms with Crippen molar-refractivity contribution in [2.45, 2.75) is 17.9 Å². The van der Waals surface area contributed by atoms with Crippen LogP contribution in [0.2, 0.25) is 0 Å². The van der Waals surface area contributed by atoms with E-state index >= 15 is 0 Å². The van der Waals surface area contributed by atoms with Gasteiger partial charge in [0.05, 0.1) is 18.0 Å². The maximum atomic E-state index is 12.1. The molecule has 1 unspecified atom stereocenters. The minimum Gasteiger partial charge on any atom is -0.496 e. The van der Waals surface area contributed by atoms with Gasteiger partial charge in [-0.25, -0.2) is 13.6 Å². The van der Waals surface area contributed by atoms with Crippen LogP contribution in [-0.4, -0.2) is 21.4 Å². The highest BCUT2D eigenvalue weighted by molar-refractivity contribution is 7.89. The van der Waals surface area contributed by atoms with E-state index in [9.17, 15) is 13.2 Å². The second kappa shape index (κ2) is 7.96. The third-order valence-electron chi connectivity index (χ3n) is 3.62. The summed E-state index contributed by atoms with van der Waals surface area (Å²) < 4.78 is 27.7. The minimum absolute atomic E-state index is 0.0332. The molecule has 0 aliphatic carbocycles. The Hall–Kier alpha value is -2.64. The second-order valence-electron chi connectivity index (χ2n) is 5.42. The lowest BCUT2D eigenvalue weighted by atomic mass is 10.1. The number of hydrogen-bond acceptors (Lipinski definition) is 4. The summed E-state index contributed by atoms with van der Waals surface area (Å²) in [4.78, 5) is 12.1. The smallest absolute Gasteiger partial charge is 0.244 e. The van der Waals surface area contributed by atoms with Gasteiger partial charge in [-0.3, -0.25) is 4.79 Å². The predicted molar refractivity (Wildman–Crippen MR) is 96.4 cm³/mol. The van der Waals surface area contributed by atoms with Crippen molar-refractivity contribution in [3.8, 4) is 5.75 Å².